The Balaban J connectivity index is 1.67. The molecule has 0 radical (unpaired) electrons. The molecule has 0 spiro atoms. The molecule has 0 bridgehead atoms. The normalized spacial score (nSPS) is 19.0. The first kappa shape index (κ1) is 14.4. The van der Waals surface area contributed by atoms with E-state index >= 15 is 0 Å². The average Bonchev–Trinajstić information content (AvgIpc) is 2.93. The standard InChI is InChI=1S/C16H26N2O/c1-3-18(15-8-9-17-13-15)10-5-11-19-16-7-4-6-14(2)12-16/h4,6-7,12,15,17H,3,5,8-11,13H2,1-2H3. The van der Waals surface area contributed by atoms with Crippen molar-refractivity contribution in [2.75, 3.05) is 32.8 Å². The van der Waals surface area contributed by atoms with Gasteiger partial charge >= 0.3 is 0 Å². The minimum Gasteiger partial charge on any atom is -0.494 e. The van der Waals surface area contributed by atoms with Gasteiger partial charge in [-0.05, 0) is 50.6 Å². The van der Waals surface area contributed by atoms with E-state index in [1.54, 1.807) is 0 Å². The van der Waals surface area contributed by atoms with Crippen LogP contribution in [0.4, 0.5) is 0 Å². The molecular weight excluding hydrogens is 236 g/mol. The topological polar surface area (TPSA) is 24.5 Å². The van der Waals surface area contributed by atoms with E-state index in [1.807, 2.05) is 12.1 Å². The van der Waals surface area contributed by atoms with Gasteiger partial charge in [-0.1, -0.05) is 19.1 Å². The molecule has 1 aliphatic heterocycles. The third-order valence-corrected chi connectivity index (χ3v) is 3.80. The lowest BCUT2D eigenvalue weighted by molar-refractivity contribution is 0.196. The summed E-state index contributed by atoms with van der Waals surface area (Å²) in [7, 11) is 0. The summed E-state index contributed by atoms with van der Waals surface area (Å²) >= 11 is 0. The van der Waals surface area contributed by atoms with Crippen molar-refractivity contribution in [3.8, 4) is 5.75 Å². The van der Waals surface area contributed by atoms with Gasteiger partial charge in [0.25, 0.3) is 0 Å². The number of benzene rings is 1. The maximum absolute atomic E-state index is 5.80. The SMILES string of the molecule is CCN(CCCOc1cccc(C)c1)C1CCNC1. The lowest BCUT2D eigenvalue weighted by Gasteiger charge is -2.26. The van der Waals surface area contributed by atoms with Crippen LogP contribution in [0.15, 0.2) is 24.3 Å². The minimum atomic E-state index is 0.726. The third-order valence-electron chi connectivity index (χ3n) is 3.80. The molecule has 1 saturated heterocycles. The number of ether oxygens (including phenoxy) is 1. The molecule has 2 rings (SSSR count). The fourth-order valence-corrected chi connectivity index (χ4v) is 2.71. The van der Waals surface area contributed by atoms with Crippen molar-refractivity contribution in [1.29, 1.82) is 0 Å². The van der Waals surface area contributed by atoms with Gasteiger partial charge in [-0.15, -0.1) is 0 Å². The smallest absolute Gasteiger partial charge is 0.119 e. The highest BCUT2D eigenvalue weighted by Crippen LogP contribution is 2.13. The summed E-state index contributed by atoms with van der Waals surface area (Å²) in [4.78, 5) is 2.57. The Morgan fingerprint density at radius 2 is 2.32 bits per heavy atom. The molecule has 1 N–H and O–H groups in total. The highest BCUT2D eigenvalue weighted by Gasteiger charge is 2.20. The second-order valence-electron chi connectivity index (χ2n) is 5.29. The minimum absolute atomic E-state index is 0.726. The molecule has 1 aromatic carbocycles. The molecule has 19 heavy (non-hydrogen) atoms. The van der Waals surface area contributed by atoms with Gasteiger partial charge in [0.15, 0.2) is 0 Å². The highest BCUT2D eigenvalue weighted by molar-refractivity contribution is 5.27. The van der Waals surface area contributed by atoms with Crippen LogP contribution in [0.5, 0.6) is 5.75 Å². The molecule has 0 amide bonds. The van der Waals surface area contributed by atoms with Crippen LogP contribution < -0.4 is 10.1 Å². The van der Waals surface area contributed by atoms with Crippen LogP contribution in [0, 0.1) is 6.92 Å². The molecule has 1 aromatic rings. The third kappa shape index (κ3) is 4.51. The summed E-state index contributed by atoms with van der Waals surface area (Å²) in [5.74, 6) is 0.991. The fraction of sp³-hybridized carbons (Fsp3) is 0.625. The average molecular weight is 262 g/mol. The fourth-order valence-electron chi connectivity index (χ4n) is 2.71. The summed E-state index contributed by atoms with van der Waals surface area (Å²) < 4.78 is 5.80. The molecule has 106 valence electrons. The quantitative estimate of drug-likeness (QED) is 0.764. The zero-order valence-electron chi connectivity index (χ0n) is 12.2. The van der Waals surface area contributed by atoms with Crippen molar-refractivity contribution in [1.82, 2.24) is 10.2 Å². The molecule has 0 aromatic heterocycles. The van der Waals surface area contributed by atoms with E-state index in [0.717, 1.165) is 44.5 Å². The Hall–Kier alpha value is -1.06. The first-order chi connectivity index (χ1) is 9.29. The van der Waals surface area contributed by atoms with Crippen molar-refractivity contribution in [2.24, 2.45) is 0 Å². The molecule has 1 heterocycles. The predicted octanol–water partition coefficient (Wildman–Crippen LogP) is 2.45. The predicted molar refractivity (Wildman–Crippen MR) is 79.8 cm³/mol. The number of nitrogens with zero attached hydrogens (tertiary/aromatic N) is 1. The molecule has 0 saturated carbocycles. The van der Waals surface area contributed by atoms with E-state index in [4.69, 9.17) is 4.74 Å². The molecule has 3 heteroatoms. The van der Waals surface area contributed by atoms with Crippen LogP contribution >= 0.6 is 0 Å². The first-order valence-electron chi connectivity index (χ1n) is 7.44. The Bertz CT molecular complexity index is 375. The second-order valence-corrected chi connectivity index (χ2v) is 5.29. The Kier molecular flexibility index (Phi) is 5.67. The van der Waals surface area contributed by atoms with Crippen LogP contribution in [0.25, 0.3) is 0 Å². The summed E-state index contributed by atoms with van der Waals surface area (Å²) in [6.07, 6.45) is 2.38. The number of nitrogens with one attached hydrogen (secondary N) is 1. The van der Waals surface area contributed by atoms with Gasteiger partial charge in [-0.2, -0.15) is 0 Å². The van der Waals surface area contributed by atoms with Crippen LogP contribution in [0.1, 0.15) is 25.3 Å². The number of hydrogen-bond acceptors (Lipinski definition) is 3. The van der Waals surface area contributed by atoms with E-state index < -0.39 is 0 Å². The summed E-state index contributed by atoms with van der Waals surface area (Å²) in [6, 6.07) is 9.00. The molecule has 1 atom stereocenters. The van der Waals surface area contributed by atoms with Gasteiger partial charge in [0.1, 0.15) is 5.75 Å². The highest BCUT2D eigenvalue weighted by atomic mass is 16.5. The molecule has 3 nitrogen and oxygen atoms in total. The van der Waals surface area contributed by atoms with Gasteiger partial charge in [-0.3, -0.25) is 4.90 Å². The number of rotatable bonds is 7. The van der Waals surface area contributed by atoms with Crippen molar-refractivity contribution < 1.29 is 4.74 Å². The van der Waals surface area contributed by atoms with Crippen LogP contribution in [-0.2, 0) is 0 Å². The summed E-state index contributed by atoms with van der Waals surface area (Å²) in [5.41, 5.74) is 1.25. The van der Waals surface area contributed by atoms with Crippen molar-refractivity contribution in [3.63, 3.8) is 0 Å². The van der Waals surface area contributed by atoms with Gasteiger partial charge in [0, 0.05) is 19.1 Å². The summed E-state index contributed by atoms with van der Waals surface area (Å²) in [6.45, 7) is 9.73. The maximum Gasteiger partial charge on any atom is 0.119 e. The molecule has 1 fully saturated rings. The molecule has 0 aliphatic carbocycles. The van der Waals surface area contributed by atoms with Gasteiger partial charge in [0.05, 0.1) is 6.61 Å². The van der Waals surface area contributed by atoms with Crippen LogP contribution in [0.3, 0.4) is 0 Å². The van der Waals surface area contributed by atoms with E-state index in [9.17, 15) is 0 Å². The van der Waals surface area contributed by atoms with Gasteiger partial charge in [0.2, 0.25) is 0 Å². The zero-order chi connectivity index (χ0) is 13.5. The van der Waals surface area contributed by atoms with E-state index in [0.29, 0.717) is 0 Å². The van der Waals surface area contributed by atoms with Crippen molar-refractivity contribution in [3.05, 3.63) is 29.8 Å². The Labute approximate surface area is 116 Å². The Morgan fingerprint density at radius 3 is 3.00 bits per heavy atom. The lowest BCUT2D eigenvalue weighted by atomic mass is 10.2. The molecule has 1 unspecified atom stereocenters. The summed E-state index contributed by atoms with van der Waals surface area (Å²) in [5, 5.41) is 3.44. The van der Waals surface area contributed by atoms with Crippen LogP contribution in [-0.4, -0.2) is 43.7 Å². The maximum atomic E-state index is 5.80. The van der Waals surface area contributed by atoms with E-state index in [-0.39, 0.29) is 0 Å². The largest absolute Gasteiger partial charge is 0.494 e. The zero-order valence-corrected chi connectivity index (χ0v) is 12.2. The van der Waals surface area contributed by atoms with E-state index in [2.05, 4.69) is 36.2 Å². The lowest BCUT2D eigenvalue weighted by Crippen LogP contribution is -2.37. The Morgan fingerprint density at radius 1 is 1.42 bits per heavy atom. The monoisotopic (exact) mass is 262 g/mol. The van der Waals surface area contributed by atoms with E-state index in [1.165, 1.54) is 18.5 Å². The number of hydrogen-bond donors (Lipinski definition) is 1. The second kappa shape index (κ2) is 7.51. The molecular formula is C16H26N2O. The first-order valence-corrected chi connectivity index (χ1v) is 7.44. The van der Waals surface area contributed by atoms with Gasteiger partial charge < -0.3 is 10.1 Å². The van der Waals surface area contributed by atoms with Crippen molar-refractivity contribution in [2.45, 2.75) is 32.7 Å². The van der Waals surface area contributed by atoms with Gasteiger partial charge in [-0.25, -0.2) is 0 Å². The number of likely N-dealkylation sites (N-methyl/N-ethyl adjacent to an activating group) is 1. The number of aryl methyl sites for hydroxylation is 1. The molecule has 1 aliphatic rings. The van der Waals surface area contributed by atoms with Crippen LogP contribution in [0.2, 0.25) is 0 Å². The van der Waals surface area contributed by atoms with Crippen molar-refractivity contribution >= 4 is 0 Å².